The van der Waals surface area contributed by atoms with Gasteiger partial charge in [-0.3, -0.25) is 9.78 Å². The summed E-state index contributed by atoms with van der Waals surface area (Å²) < 4.78 is 27.2. The van der Waals surface area contributed by atoms with E-state index in [9.17, 15) is 13.2 Å². The Hall–Kier alpha value is -2.15. The van der Waals surface area contributed by atoms with E-state index in [1.165, 1.54) is 30.5 Å². The molecular formula is C21H18Cl2N2O3S. The summed E-state index contributed by atoms with van der Waals surface area (Å²) in [6, 6.07) is 10.7. The first-order valence-corrected chi connectivity index (χ1v) is 11.5. The van der Waals surface area contributed by atoms with Gasteiger partial charge in [-0.1, -0.05) is 23.2 Å². The first kappa shape index (κ1) is 20.1. The number of nitrogens with zero attached hydrogens (tertiary/aromatic N) is 2. The Balaban J connectivity index is 1.97. The highest BCUT2D eigenvalue weighted by Crippen LogP contribution is 2.33. The molecule has 0 atom stereocenters. The first-order chi connectivity index (χ1) is 13.9. The minimum Gasteiger partial charge on any atom is -0.339 e. The van der Waals surface area contributed by atoms with Crippen LogP contribution in [0.5, 0.6) is 0 Å². The van der Waals surface area contributed by atoms with Crippen molar-refractivity contribution in [2.45, 2.75) is 29.1 Å². The molecule has 4 rings (SSSR count). The number of rotatable bonds is 3. The molecule has 2 aromatic carbocycles. The molecule has 1 aromatic heterocycles. The van der Waals surface area contributed by atoms with Crippen LogP contribution < -0.4 is 0 Å². The highest BCUT2D eigenvalue weighted by molar-refractivity contribution is 7.91. The summed E-state index contributed by atoms with van der Waals surface area (Å²) in [7, 11) is -4.02. The van der Waals surface area contributed by atoms with E-state index < -0.39 is 9.84 Å². The van der Waals surface area contributed by atoms with Crippen molar-refractivity contribution in [1.82, 2.24) is 9.88 Å². The Morgan fingerprint density at radius 2 is 1.59 bits per heavy atom. The lowest BCUT2D eigenvalue weighted by molar-refractivity contribution is 0.0720. The summed E-state index contributed by atoms with van der Waals surface area (Å²) in [5.41, 5.74) is 0.522. The monoisotopic (exact) mass is 448 g/mol. The molecule has 29 heavy (non-hydrogen) atoms. The smallest absolute Gasteiger partial charge is 0.256 e. The summed E-state index contributed by atoms with van der Waals surface area (Å²) in [5.74, 6) is -0.327. The van der Waals surface area contributed by atoms with Crippen molar-refractivity contribution in [3.05, 3.63) is 64.3 Å². The van der Waals surface area contributed by atoms with E-state index in [1.54, 1.807) is 23.1 Å². The van der Waals surface area contributed by atoms with E-state index in [-0.39, 0.29) is 21.3 Å². The SMILES string of the molecule is O=C(c1cnc2ccc(Cl)cc2c1S(=O)(=O)c1ccc(Cl)cc1)N1CCCCC1. The maximum atomic E-state index is 13.6. The molecule has 150 valence electrons. The fourth-order valence-corrected chi connectivity index (χ4v) is 5.49. The van der Waals surface area contributed by atoms with E-state index in [0.717, 1.165) is 19.3 Å². The van der Waals surface area contributed by atoms with Crippen LogP contribution in [0.15, 0.2) is 58.5 Å². The van der Waals surface area contributed by atoms with Crippen LogP contribution in [0.3, 0.4) is 0 Å². The number of likely N-dealkylation sites (tertiary alicyclic amines) is 1. The van der Waals surface area contributed by atoms with Crippen molar-refractivity contribution in [3.63, 3.8) is 0 Å². The number of carbonyl (C=O) groups excluding carboxylic acids is 1. The number of amides is 1. The minimum atomic E-state index is -4.02. The summed E-state index contributed by atoms with van der Waals surface area (Å²) in [4.78, 5) is 19.3. The number of pyridine rings is 1. The third kappa shape index (κ3) is 3.84. The van der Waals surface area contributed by atoms with E-state index in [0.29, 0.717) is 34.0 Å². The number of carbonyl (C=O) groups is 1. The third-order valence-corrected chi connectivity index (χ3v) is 7.40. The van der Waals surface area contributed by atoms with Gasteiger partial charge in [0.1, 0.15) is 0 Å². The molecule has 3 aromatic rings. The van der Waals surface area contributed by atoms with Gasteiger partial charge in [0.25, 0.3) is 5.91 Å². The first-order valence-electron chi connectivity index (χ1n) is 9.26. The molecule has 0 radical (unpaired) electrons. The number of piperidine rings is 1. The lowest BCUT2D eigenvalue weighted by Crippen LogP contribution is -2.36. The van der Waals surface area contributed by atoms with Gasteiger partial charge in [0.15, 0.2) is 0 Å². The molecule has 1 amide bonds. The molecule has 0 aliphatic carbocycles. The molecule has 1 fully saturated rings. The highest BCUT2D eigenvalue weighted by atomic mass is 35.5. The predicted octanol–water partition coefficient (Wildman–Crippen LogP) is 5.00. The van der Waals surface area contributed by atoms with Crippen LogP contribution in [0.4, 0.5) is 0 Å². The molecule has 5 nitrogen and oxygen atoms in total. The second kappa shape index (κ2) is 7.94. The van der Waals surface area contributed by atoms with Crippen molar-refractivity contribution in [3.8, 4) is 0 Å². The van der Waals surface area contributed by atoms with Gasteiger partial charge < -0.3 is 4.90 Å². The number of benzene rings is 2. The van der Waals surface area contributed by atoms with Crippen molar-refractivity contribution in [2.75, 3.05) is 13.1 Å². The Bertz CT molecular complexity index is 1190. The molecule has 1 aliphatic rings. The zero-order chi connectivity index (χ0) is 20.6. The Kier molecular flexibility index (Phi) is 5.51. The molecule has 8 heteroatoms. The van der Waals surface area contributed by atoms with Gasteiger partial charge in [0, 0.05) is 34.7 Å². The normalized spacial score (nSPS) is 14.9. The second-order valence-electron chi connectivity index (χ2n) is 6.97. The largest absolute Gasteiger partial charge is 0.339 e. The zero-order valence-electron chi connectivity index (χ0n) is 15.4. The summed E-state index contributed by atoms with van der Waals surface area (Å²) >= 11 is 12.1. The number of sulfone groups is 1. The topological polar surface area (TPSA) is 67.3 Å². The standard InChI is InChI=1S/C21H18Cl2N2O3S/c22-14-4-7-16(8-5-14)29(27,28)20-17-12-15(23)6-9-19(17)24-13-18(20)21(26)25-10-2-1-3-11-25/h4-9,12-13H,1-3,10-11H2. The van der Waals surface area contributed by atoms with E-state index in [4.69, 9.17) is 23.2 Å². The van der Waals surface area contributed by atoms with Crippen molar-refractivity contribution in [2.24, 2.45) is 0 Å². The van der Waals surface area contributed by atoms with Crippen LogP contribution in [0, 0.1) is 0 Å². The number of halogens is 2. The van der Waals surface area contributed by atoms with Crippen molar-refractivity contribution < 1.29 is 13.2 Å². The second-order valence-corrected chi connectivity index (χ2v) is 9.73. The fraction of sp³-hybridized carbons (Fsp3) is 0.238. The molecule has 1 saturated heterocycles. The molecule has 0 unspecified atom stereocenters. The molecule has 0 bridgehead atoms. The van der Waals surface area contributed by atoms with Crippen molar-refractivity contribution >= 4 is 49.8 Å². The Labute approximate surface area is 179 Å². The van der Waals surface area contributed by atoms with Gasteiger partial charge in [-0.15, -0.1) is 0 Å². The van der Waals surface area contributed by atoms with Crippen LogP contribution in [0.1, 0.15) is 29.6 Å². The molecule has 0 saturated carbocycles. The molecule has 2 heterocycles. The Morgan fingerprint density at radius 3 is 2.28 bits per heavy atom. The van der Waals surface area contributed by atoms with Crippen molar-refractivity contribution in [1.29, 1.82) is 0 Å². The van der Waals surface area contributed by atoms with E-state index >= 15 is 0 Å². The van der Waals surface area contributed by atoms with Gasteiger partial charge in [-0.2, -0.15) is 0 Å². The summed E-state index contributed by atoms with van der Waals surface area (Å²) in [6.45, 7) is 1.21. The molecule has 0 spiro atoms. The third-order valence-electron chi connectivity index (χ3n) is 5.05. The highest BCUT2D eigenvalue weighted by Gasteiger charge is 2.30. The predicted molar refractivity (Wildman–Crippen MR) is 113 cm³/mol. The molecule has 1 aliphatic heterocycles. The molecule has 0 N–H and O–H groups in total. The van der Waals surface area contributed by atoms with Crippen LogP contribution in [0.2, 0.25) is 10.0 Å². The average molecular weight is 449 g/mol. The van der Waals surface area contributed by atoms with Gasteiger partial charge in [0.2, 0.25) is 9.84 Å². The summed E-state index contributed by atoms with van der Waals surface area (Å²) in [5, 5.41) is 1.13. The minimum absolute atomic E-state index is 0.0575. The number of hydrogen-bond acceptors (Lipinski definition) is 4. The number of aromatic nitrogens is 1. The van der Waals surface area contributed by atoms with E-state index in [1.807, 2.05) is 0 Å². The molecular weight excluding hydrogens is 431 g/mol. The van der Waals surface area contributed by atoms with E-state index in [2.05, 4.69) is 4.98 Å². The van der Waals surface area contributed by atoms with Gasteiger partial charge >= 0.3 is 0 Å². The van der Waals surface area contributed by atoms with Crippen LogP contribution in [0.25, 0.3) is 10.9 Å². The number of fused-ring (bicyclic) bond motifs is 1. The Morgan fingerprint density at radius 1 is 0.931 bits per heavy atom. The van der Waals surface area contributed by atoms with Gasteiger partial charge in [-0.25, -0.2) is 8.42 Å². The van der Waals surface area contributed by atoms with Crippen LogP contribution >= 0.6 is 23.2 Å². The lowest BCUT2D eigenvalue weighted by Gasteiger charge is -2.27. The summed E-state index contributed by atoms with van der Waals surface area (Å²) in [6.07, 6.45) is 4.22. The van der Waals surface area contributed by atoms with Crippen LogP contribution in [-0.2, 0) is 9.84 Å². The zero-order valence-corrected chi connectivity index (χ0v) is 17.8. The van der Waals surface area contributed by atoms with Gasteiger partial charge in [0.05, 0.1) is 20.9 Å². The number of hydrogen-bond donors (Lipinski definition) is 0. The maximum absolute atomic E-state index is 13.6. The van der Waals surface area contributed by atoms with Crippen LogP contribution in [-0.4, -0.2) is 37.3 Å². The fourth-order valence-electron chi connectivity index (χ4n) is 3.58. The quantitative estimate of drug-likeness (QED) is 0.565. The average Bonchev–Trinajstić information content (AvgIpc) is 2.73. The lowest BCUT2D eigenvalue weighted by atomic mass is 10.1. The maximum Gasteiger partial charge on any atom is 0.256 e. The van der Waals surface area contributed by atoms with Gasteiger partial charge in [-0.05, 0) is 61.7 Å².